The van der Waals surface area contributed by atoms with E-state index < -0.39 is 0 Å². The van der Waals surface area contributed by atoms with E-state index in [2.05, 4.69) is 34.7 Å². The van der Waals surface area contributed by atoms with Crippen molar-refractivity contribution in [3.05, 3.63) is 63.4 Å². The summed E-state index contributed by atoms with van der Waals surface area (Å²) in [5.74, 6) is 1.72. The second-order valence-corrected chi connectivity index (χ2v) is 5.68. The standard InChI is InChI=1S/C17H13IO2/c1-19-15-6-2-12(3-7-15)4-8-16-11-13-10-14(18)5-9-17(13)20-16/h2-11H,1H3/b8-4+. The smallest absolute Gasteiger partial charge is 0.134 e. The number of hydrogen-bond acceptors (Lipinski definition) is 2. The lowest BCUT2D eigenvalue weighted by atomic mass is 10.2. The lowest BCUT2D eigenvalue weighted by molar-refractivity contribution is 0.415. The first-order chi connectivity index (χ1) is 9.74. The molecule has 0 aliphatic rings. The van der Waals surface area contributed by atoms with E-state index in [-0.39, 0.29) is 0 Å². The van der Waals surface area contributed by atoms with E-state index in [9.17, 15) is 0 Å². The maximum Gasteiger partial charge on any atom is 0.134 e. The largest absolute Gasteiger partial charge is 0.497 e. The van der Waals surface area contributed by atoms with Crippen molar-refractivity contribution >= 4 is 45.7 Å². The molecule has 0 N–H and O–H groups in total. The number of ether oxygens (including phenoxy) is 1. The lowest BCUT2D eigenvalue weighted by Gasteiger charge is -1.98. The average molecular weight is 376 g/mol. The van der Waals surface area contributed by atoms with Gasteiger partial charge in [0, 0.05) is 8.96 Å². The van der Waals surface area contributed by atoms with Crippen molar-refractivity contribution in [2.24, 2.45) is 0 Å². The Morgan fingerprint density at radius 3 is 2.55 bits per heavy atom. The second kappa shape index (κ2) is 5.71. The zero-order valence-corrected chi connectivity index (χ0v) is 13.1. The van der Waals surface area contributed by atoms with Gasteiger partial charge in [-0.05, 0) is 70.6 Å². The Labute approximate surface area is 131 Å². The maximum atomic E-state index is 5.77. The third-order valence-electron chi connectivity index (χ3n) is 3.05. The molecule has 0 aliphatic heterocycles. The summed E-state index contributed by atoms with van der Waals surface area (Å²) in [5.41, 5.74) is 2.03. The minimum absolute atomic E-state index is 0.859. The van der Waals surface area contributed by atoms with Gasteiger partial charge in [0.15, 0.2) is 0 Å². The fourth-order valence-corrected chi connectivity index (χ4v) is 2.53. The van der Waals surface area contributed by atoms with Crippen molar-refractivity contribution in [1.82, 2.24) is 0 Å². The highest BCUT2D eigenvalue weighted by atomic mass is 127. The highest BCUT2D eigenvalue weighted by Crippen LogP contribution is 2.23. The van der Waals surface area contributed by atoms with Gasteiger partial charge in [0.25, 0.3) is 0 Å². The van der Waals surface area contributed by atoms with Gasteiger partial charge in [0.1, 0.15) is 17.1 Å². The van der Waals surface area contributed by atoms with Crippen LogP contribution < -0.4 is 4.74 Å². The molecule has 1 aromatic heterocycles. The summed E-state index contributed by atoms with van der Waals surface area (Å²) >= 11 is 2.30. The number of benzene rings is 2. The maximum absolute atomic E-state index is 5.77. The van der Waals surface area contributed by atoms with Crippen LogP contribution in [0.1, 0.15) is 11.3 Å². The third-order valence-corrected chi connectivity index (χ3v) is 3.72. The molecule has 0 amide bonds. The molecule has 3 aromatic rings. The molecule has 20 heavy (non-hydrogen) atoms. The molecule has 0 spiro atoms. The molecule has 0 atom stereocenters. The molecular weight excluding hydrogens is 363 g/mol. The van der Waals surface area contributed by atoms with Crippen LogP contribution in [0, 0.1) is 3.57 Å². The van der Waals surface area contributed by atoms with Crippen LogP contribution in [-0.2, 0) is 0 Å². The third kappa shape index (κ3) is 2.88. The highest BCUT2D eigenvalue weighted by molar-refractivity contribution is 14.1. The van der Waals surface area contributed by atoms with Gasteiger partial charge in [-0.2, -0.15) is 0 Å². The van der Waals surface area contributed by atoms with Gasteiger partial charge in [-0.1, -0.05) is 18.2 Å². The van der Waals surface area contributed by atoms with Crippen molar-refractivity contribution in [3.63, 3.8) is 0 Å². The Hall–Kier alpha value is -1.75. The van der Waals surface area contributed by atoms with E-state index >= 15 is 0 Å². The summed E-state index contributed by atoms with van der Waals surface area (Å²) in [4.78, 5) is 0. The molecule has 3 heteroatoms. The van der Waals surface area contributed by atoms with Gasteiger partial charge in [0.2, 0.25) is 0 Å². The summed E-state index contributed by atoms with van der Waals surface area (Å²) in [7, 11) is 1.67. The topological polar surface area (TPSA) is 22.4 Å². The van der Waals surface area contributed by atoms with Crippen LogP contribution in [0.15, 0.2) is 52.9 Å². The monoisotopic (exact) mass is 376 g/mol. The molecule has 0 saturated heterocycles. The average Bonchev–Trinajstić information content (AvgIpc) is 2.87. The molecule has 1 heterocycles. The molecule has 3 rings (SSSR count). The summed E-state index contributed by atoms with van der Waals surface area (Å²) in [6, 6.07) is 16.1. The zero-order valence-electron chi connectivity index (χ0n) is 11.0. The van der Waals surface area contributed by atoms with Crippen molar-refractivity contribution in [2.75, 3.05) is 7.11 Å². The van der Waals surface area contributed by atoms with Crippen molar-refractivity contribution in [3.8, 4) is 5.75 Å². The van der Waals surface area contributed by atoms with Crippen molar-refractivity contribution in [2.45, 2.75) is 0 Å². The molecule has 0 fully saturated rings. The van der Waals surface area contributed by atoms with Gasteiger partial charge < -0.3 is 9.15 Å². The molecule has 2 aromatic carbocycles. The first-order valence-electron chi connectivity index (χ1n) is 6.26. The molecule has 0 bridgehead atoms. The van der Waals surface area contributed by atoms with Crippen LogP contribution in [0.5, 0.6) is 5.75 Å². The fraction of sp³-hybridized carbons (Fsp3) is 0.0588. The van der Waals surface area contributed by atoms with E-state index in [1.54, 1.807) is 7.11 Å². The van der Waals surface area contributed by atoms with E-state index in [0.29, 0.717) is 0 Å². The number of furan rings is 1. The van der Waals surface area contributed by atoms with Crippen LogP contribution in [0.2, 0.25) is 0 Å². The molecule has 0 radical (unpaired) electrons. The highest BCUT2D eigenvalue weighted by Gasteiger charge is 2.01. The number of rotatable bonds is 3. The molecule has 100 valence electrons. The predicted octanol–water partition coefficient (Wildman–Crippen LogP) is 5.22. The van der Waals surface area contributed by atoms with Crippen LogP contribution >= 0.6 is 22.6 Å². The fourth-order valence-electron chi connectivity index (χ4n) is 2.01. The van der Waals surface area contributed by atoms with Crippen LogP contribution in [0.25, 0.3) is 23.1 Å². The summed E-state index contributed by atoms with van der Waals surface area (Å²) in [5, 5.41) is 1.13. The predicted molar refractivity (Wildman–Crippen MR) is 90.9 cm³/mol. The normalized spacial score (nSPS) is 11.3. The Morgan fingerprint density at radius 1 is 1.00 bits per heavy atom. The van der Waals surface area contributed by atoms with Gasteiger partial charge in [-0.15, -0.1) is 0 Å². The number of hydrogen-bond donors (Lipinski definition) is 0. The van der Waals surface area contributed by atoms with Crippen LogP contribution in [-0.4, -0.2) is 7.11 Å². The van der Waals surface area contributed by atoms with E-state index in [0.717, 1.165) is 28.0 Å². The first-order valence-corrected chi connectivity index (χ1v) is 7.34. The summed E-state index contributed by atoms with van der Waals surface area (Å²) < 4.78 is 12.1. The molecule has 0 aliphatic carbocycles. The Kier molecular flexibility index (Phi) is 3.78. The zero-order chi connectivity index (χ0) is 13.9. The second-order valence-electron chi connectivity index (χ2n) is 4.44. The first kappa shape index (κ1) is 13.2. The Balaban J connectivity index is 1.85. The molecule has 0 saturated carbocycles. The SMILES string of the molecule is COc1ccc(/C=C/c2cc3cc(I)ccc3o2)cc1. The van der Waals surface area contributed by atoms with Gasteiger partial charge in [0.05, 0.1) is 7.11 Å². The lowest BCUT2D eigenvalue weighted by Crippen LogP contribution is -1.81. The quantitative estimate of drug-likeness (QED) is 0.585. The minimum Gasteiger partial charge on any atom is -0.497 e. The van der Waals surface area contributed by atoms with Gasteiger partial charge >= 0.3 is 0 Å². The van der Waals surface area contributed by atoms with Crippen molar-refractivity contribution in [1.29, 1.82) is 0 Å². The Bertz CT molecular complexity index is 754. The van der Waals surface area contributed by atoms with E-state index in [1.807, 2.05) is 48.6 Å². The summed E-state index contributed by atoms with van der Waals surface area (Å²) in [6.07, 6.45) is 4.01. The van der Waals surface area contributed by atoms with Crippen molar-refractivity contribution < 1.29 is 9.15 Å². The molecular formula is C17H13IO2. The Morgan fingerprint density at radius 2 is 1.80 bits per heavy atom. The van der Waals surface area contributed by atoms with Gasteiger partial charge in [-0.3, -0.25) is 0 Å². The van der Waals surface area contributed by atoms with Crippen LogP contribution in [0.4, 0.5) is 0 Å². The molecule has 0 unspecified atom stereocenters. The summed E-state index contributed by atoms with van der Waals surface area (Å²) in [6.45, 7) is 0. The van der Waals surface area contributed by atoms with E-state index in [4.69, 9.17) is 9.15 Å². The minimum atomic E-state index is 0.859. The van der Waals surface area contributed by atoms with E-state index in [1.165, 1.54) is 3.57 Å². The number of methoxy groups -OCH3 is 1. The molecule has 2 nitrogen and oxygen atoms in total. The number of halogens is 1. The number of fused-ring (bicyclic) bond motifs is 1. The van der Waals surface area contributed by atoms with Gasteiger partial charge in [-0.25, -0.2) is 0 Å². The van der Waals surface area contributed by atoms with Crippen LogP contribution in [0.3, 0.4) is 0 Å².